The van der Waals surface area contributed by atoms with Gasteiger partial charge < -0.3 is 15.8 Å². The number of nitrogens with two attached hydrogens (primary N) is 1. The Morgan fingerprint density at radius 2 is 2.04 bits per heavy atom. The summed E-state index contributed by atoms with van der Waals surface area (Å²) in [5.74, 6) is 1.25. The highest BCUT2D eigenvalue weighted by Crippen LogP contribution is 2.28. The second-order valence-electron chi connectivity index (χ2n) is 7.47. The Hall–Kier alpha value is -2.91. The van der Waals surface area contributed by atoms with Crippen LogP contribution in [0.1, 0.15) is 39.7 Å². The topological polar surface area (TPSA) is 101 Å². The Morgan fingerprint density at radius 3 is 2.67 bits per heavy atom. The maximum atomic E-state index is 11.2. The van der Waals surface area contributed by atoms with Crippen molar-refractivity contribution >= 4 is 11.7 Å². The minimum Gasteiger partial charge on any atom is -0.490 e. The van der Waals surface area contributed by atoms with Gasteiger partial charge in [-0.05, 0) is 54.7 Å². The van der Waals surface area contributed by atoms with Gasteiger partial charge in [0.05, 0.1) is 5.56 Å². The van der Waals surface area contributed by atoms with E-state index >= 15 is 0 Å². The zero-order valence-corrected chi connectivity index (χ0v) is 16.2. The minimum atomic E-state index is -0.460. The van der Waals surface area contributed by atoms with Gasteiger partial charge in [0.25, 0.3) is 0 Å². The number of carbonyl (C=O) groups excluding carboxylic acids is 1. The van der Waals surface area contributed by atoms with Crippen molar-refractivity contribution in [3.05, 3.63) is 42.1 Å². The number of nitrogens with zero attached hydrogens (tertiary/aromatic N) is 2. The molecule has 1 amide bonds. The standard InChI is InChI=1S/C21H26N4O2/c1-14(2)11-21(4,23)13-27-19-6-5-16(9-18(19)12-22)17-7-8-24-20(10-17)25-15(3)26/h5-10,14H,11,13,23H2,1-4H3,(H,24,25,26). The van der Waals surface area contributed by atoms with Gasteiger partial charge in [-0.15, -0.1) is 0 Å². The average molecular weight is 366 g/mol. The molecule has 1 atom stereocenters. The predicted molar refractivity (Wildman–Crippen MR) is 106 cm³/mol. The van der Waals surface area contributed by atoms with Crippen molar-refractivity contribution in [3.63, 3.8) is 0 Å². The van der Waals surface area contributed by atoms with Crippen LogP contribution in [0.4, 0.5) is 5.82 Å². The number of hydrogen-bond donors (Lipinski definition) is 2. The third-order valence-electron chi connectivity index (χ3n) is 3.93. The van der Waals surface area contributed by atoms with Gasteiger partial charge in [-0.1, -0.05) is 19.9 Å². The molecule has 1 aromatic carbocycles. The summed E-state index contributed by atoms with van der Waals surface area (Å²) >= 11 is 0. The fraction of sp³-hybridized carbons (Fsp3) is 0.381. The maximum Gasteiger partial charge on any atom is 0.222 e. The molecule has 0 fully saturated rings. The van der Waals surface area contributed by atoms with Crippen molar-refractivity contribution < 1.29 is 9.53 Å². The zero-order chi connectivity index (χ0) is 20.0. The Labute approximate surface area is 160 Å². The summed E-state index contributed by atoms with van der Waals surface area (Å²) < 4.78 is 5.84. The first-order valence-electron chi connectivity index (χ1n) is 8.90. The third kappa shape index (κ3) is 6.08. The second-order valence-corrected chi connectivity index (χ2v) is 7.47. The van der Waals surface area contributed by atoms with E-state index in [1.165, 1.54) is 6.92 Å². The van der Waals surface area contributed by atoms with Gasteiger partial charge in [0, 0.05) is 18.7 Å². The third-order valence-corrected chi connectivity index (χ3v) is 3.93. The summed E-state index contributed by atoms with van der Waals surface area (Å²) in [5.41, 5.74) is 7.95. The fourth-order valence-electron chi connectivity index (χ4n) is 3.02. The molecular weight excluding hydrogens is 340 g/mol. The van der Waals surface area contributed by atoms with Crippen LogP contribution in [0.3, 0.4) is 0 Å². The number of pyridine rings is 1. The number of aromatic nitrogens is 1. The highest BCUT2D eigenvalue weighted by molar-refractivity contribution is 5.88. The van der Waals surface area contributed by atoms with Crippen molar-refractivity contribution in [2.75, 3.05) is 11.9 Å². The molecule has 2 aromatic rings. The second kappa shape index (κ2) is 8.65. The lowest BCUT2D eigenvalue weighted by Crippen LogP contribution is -2.43. The monoisotopic (exact) mass is 366 g/mol. The number of rotatable bonds is 7. The van der Waals surface area contributed by atoms with Crippen molar-refractivity contribution in [1.29, 1.82) is 5.26 Å². The maximum absolute atomic E-state index is 11.2. The van der Waals surface area contributed by atoms with Gasteiger partial charge in [0.2, 0.25) is 5.91 Å². The minimum absolute atomic E-state index is 0.188. The fourth-order valence-corrected chi connectivity index (χ4v) is 3.02. The number of nitrogens with one attached hydrogen (secondary N) is 1. The van der Waals surface area contributed by atoms with Crippen LogP contribution in [0.15, 0.2) is 36.5 Å². The summed E-state index contributed by atoms with van der Waals surface area (Å²) in [6.45, 7) is 7.95. The Balaban J connectivity index is 2.21. The summed E-state index contributed by atoms with van der Waals surface area (Å²) in [6.07, 6.45) is 2.44. The Bertz CT molecular complexity index is 854. The number of amides is 1. The van der Waals surface area contributed by atoms with Crippen LogP contribution < -0.4 is 15.8 Å². The summed E-state index contributed by atoms with van der Waals surface area (Å²) in [4.78, 5) is 15.3. The van der Waals surface area contributed by atoms with E-state index in [0.29, 0.717) is 29.7 Å². The molecule has 27 heavy (non-hydrogen) atoms. The van der Waals surface area contributed by atoms with E-state index in [0.717, 1.165) is 17.5 Å². The molecule has 0 saturated carbocycles. The first-order valence-corrected chi connectivity index (χ1v) is 8.90. The molecule has 0 radical (unpaired) electrons. The van der Waals surface area contributed by atoms with Crippen molar-refractivity contribution in [2.24, 2.45) is 11.7 Å². The van der Waals surface area contributed by atoms with E-state index < -0.39 is 5.54 Å². The van der Waals surface area contributed by atoms with Crippen LogP contribution in [0.5, 0.6) is 5.75 Å². The van der Waals surface area contributed by atoms with Crippen molar-refractivity contribution in [1.82, 2.24) is 4.98 Å². The molecule has 6 nitrogen and oxygen atoms in total. The summed E-state index contributed by atoms with van der Waals surface area (Å²) in [6, 6.07) is 11.2. The SMILES string of the molecule is CC(=O)Nc1cc(-c2ccc(OCC(C)(N)CC(C)C)c(C#N)c2)ccn1. The van der Waals surface area contributed by atoms with E-state index in [4.69, 9.17) is 10.5 Å². The van der Waals surface area contributed by atoms with Gasteiger partial charge in [0.15, 0.2) is 0 Å². The molecule has 0 aliphatic rings. The number of nitriles is 1. The Kier molecular flexibility index (Phi) is 6.54. The van der Waals surface area contributed by atoms with E-state index in [-0.39, 0.29) is 5.91 Å². The molecule has 142 valence electrons. The summed E-state index contributed by atoms with van der Waals surface area (Å²) in [7, 11) is 0. The lowest BCUT2D eigenvalue weighted by atomic mass is 9.93. The van der Waals surface area contributed by atoms with E-state index in [9.17, 15) is 10.1 Å². The molecule has 0 aliphatic heterocycles. The van der Waals surface area contributed by atoms with E-state index in [2.05, 4.69) is 30.2 Å². The normalized spacial score (nSPS) is 12.9. The van der Waals surface area contributed by atoms with Crippen LogP contribution in [0, 0.1) is 17.2 Å². The highest BCUT2D eigenvalue weighted by Gasteiger charge is 2.21. The molecule has 6 heteroatoms. The molecule has 3 N–H and O–H groups in total. The first kappa shape index (κ1) is 20.4. The molecule has 0 saturated heterocycles. The van der Waals surface area contributed by atoms with Crippen LogP contribution in [-0.4, -0.2) is 23.0 Å². The predicted octanol–water partition coefficient (Wildman–Crippen LogP) is 3.72. The zero-order valence-electron chi connectivity index (χ0n) is 16.2. The molecule has 0 aliphatic carbocycles. The van der Waals surface area contributed by atoms with Gasteiger partial charge in [-0.2, -0.15) is 5.26 Å². The number of hydrogen-bond acceptors (Lipinski definition) is 5. The number of carbonyl (C=O) groups is 1. The summed E-state index contributed by atoms with van der Waals surface area (Å²) in [5, 5.41) is 12.2. The van der Waals surface area contributed by atoms with Crippen LogP contribution >= 0.6 is 0 Å². The number of anilines is 1. The van der Waals surface area contributed by atoms with Gasteiger partial charge >= 0.3 is 0 Å². The van der Waals surface area contributed by atoms with Crippen molar-refractivity contribution in [3.8, 4) is 22.9 Å². The lowest BCUT2D eigenvalue weighted by molar-refractivity contribution is -0.114. The van der Waals surface area contributed by atoms with Crippen LogP contribution in [0.2, 0.25) is 0 Å². The molecule has 0 spiro atoms. The van der Waals surface area contributed by atoms with Crippen molar-refractivity contribution in [2.45, 2.75) is 39.7 Å². The Morgan fingerprint density at radius 1 is 1.33 bits per heavy atom. The smallest absolute Gasteiger partial charge is 0.222 e. The largest absolute Gasteiger partial charge is 0.490 e. The highest BCUT2D eigenvalue weighted by atomic mass is 16.5. The molecule has 1 unspecified atom stereocenters. The lowest BCUT2D eigenvalue weighted by Gasteiger charge is -2.26. The quantitative estimate of drug-likeness (QED) is 0.778. The van der Waals surface area contributed by atoms with Gasteiger partial charge in [-0.25, -0.2) is 4.98 Å². The molecular formula is C21H26N4O2. The molecule has 1 aromatic heterocycles. The van der Waals surface area contributed by atoms with Gasteiger partial charge in [-0.3, -0.25) is 4.79 Å². The molecule has 2 rings (SSSR count). The van der Waals surface area contributed by atoms with Crippen LogP contribution in [-0.2, 0) is 4.79 Å². The van der Waals surface area contributed by atoms with Gasteiger partial charge in [0.1, 0.15) is 24.2 Å². The van der Waals surface area contributed by atoms with E-state index in [1.807, 2.05) is 19.1 Å². The van der Waals surface area contributed by atoms with Crippen LogP contribution in [0.25, 0.3) is 11.1 Å². The molecule has 1 heterocycles. The average Bonchev–Trinajstić information content (AvgIpc) is 2.58. The number of benzene rings is 1. The van der Waals surface area contributed by atoms with E-state index in [1.54, 1.807) is 24.4 Å². The first-order chi connectivity index (χ1) is 12.7. The molecule has 0 bridgehead atoms. The number of ether oxygens (including phenoxy) is 1.